The summed E-state index contributed by atoms with van der Waals surface area (Å²) in [6.07, 6.45) is 1.37. The minimum Gasteiger partial charge on any atom is -0.503 e. The third-order valence-corrected chi connectivity index (χ3v) is 3.74. The van der Waals surface area contributed by atoms with E-state index in [1.54, 1.807) is 31.2 Å². The Morgan fingerprint density at radius 1 is 1.22 bits per heavy atom. The number of aromatic hydroxyl groups is 1. The first-order valence-corrected chi connectivity index (χ1v) is 8.67. The lowest BCUT2D eigenvalue weighted by Gasteiger charge is -2.09. The molecule has 0 radical (unpaired) electrons. The van der Waals surface area contributed by atoms with Gasteiger partial charge in [-0.3, -0.25) is 4.79 Å². The molecule has 2 rings (SSSR count). The van der Waals surface area contributed by atoms with Crippen LogP contribution in [0.3, 0.4) is 0 Å². The molecule has 0 fully saturated rings. The number of ether oxygens (including phenoxy) is 2. The van der Waals surface area contributed by atoms with Gasteiger partial charge in [-0.05, 0) is 61.9 Å². The molecule has 0 aliphatic heterocycles. The van der Waals surface area contributed by atoms with Crippen molar-refractivity contribution in [2.75, 3.05) is 18.5 Å². The number of nitrogens with one attached hydrogen (secondary N) is 1. The Bertz CT molecular complexity index is 886. The third kappa shape index (κ3) is 5.40. The van der Waals surface area contributed by atoms with Gasteiger partial charge in [0.25, 0.3) is 5.91 Å². The summed E-state index contributed by atoms with van der Waals surface area (Å²) in [7, 11) is 0. The van der Waals surface area contributed by atoms with Crippen LogP contribution in [0.4, 0.5) is 5.69 Å². The van der Waals surface area contributed by atoms with Crippen molar-refractivity contribution in [1.29, 1.82) is 5.26 Å². The highest BCUT2D eigenvalue weighted by Crippen LogP contribution is 2.35. The van der Waals surface area contributed by atoms with Crippen LogP contribution in [-0.4, -0.2) is 24.2 Å². The SMILES string of the molecule is CCOc1ccc(NC(=O)/C(C#N)=C/c2cc(Cl)c(O)c(OCC)c2)cc1. The molecule has 0 saturated heterocycles. The van der Waals surface area contributed by atoms with Crippen molar-refractivity contribution in [2.45, 2.75) is 13.8 Å². The van der Waals surface area contributed by atoms with E-state index in [2.05, 4.69) is 5.32 Å². The van der Waals surface area contributed by atoms with Crippen LogP contribution in [0.15, 0.2) is 42.0 Å². The fourth-order valence-electron chi connectivity index (χ4n) is 2.26. The number of nitriles is 1. The average Bonchev–Trinajstić information content (AvgIpc) is 2.65. The number of hydrogen-bond acceptors (Lipinski definition) is 5. The van der Waals surface area contributed by atoms with Crippen molar-refractivity contribution < 1.29 is 19.4 Å². The number of halogens is 1. The van der Waals surface area contributed by atoms with E-state index in [9.17, 15) is 15.2 Å². The van der Waals surface area contributed by atoms with E-state index in [1.165, 1.54) is 18.2 Å². The molecule has 2 aromatic rings. The van der Waals surface area contributed by atoms with Gasteiger partial charge in [0.2, 0.25) is 0 Å². The predicted molar refractivity (Wildman–Crippen MR) is 104 cm³/mol. The standard InChI is InChI=1S/C20H19ClN2O4/c1-3-26-16-7-5-15(6-8-16)23-20(25)14(12-22)9-13-10-17(21)19(24)18(11-13)27-4-2/h5-11,24H,3-4H2,1-2H3,(H,23,25)/b14-9+. The van der Waals surface area contributed by atoms with Crippen molar-refractivity contribution in [2.24, 2.45) is 0 Å². The maximum Gasteiger partial charge on any atom is 0.266 e. The van der Waals surface area contributed by atoms with Crippen LogP contribution in [0.1, 0.15) is 19.4 Å². The van der Waals surface area contributed by atoms with Crippen LogP contribution in [-0.2, 0) is 4.79 Å². The number of amides is 1. The first-order chi connectivity index (χ1) is 13.0. The molecule has 6 nitrogen and oxygen atoms in total. The topological polar surface area (TPSA) is 91.6 Å². The quantitative estimate of drug-likeness (QED) is 0.544. The van der Waals surface area contributed by atoms with Gasteiger partial charge in [-0.15, -0.1) is 0 Å². The molecule has 27 heavy (non-hydrogen) atoms. The summed E-state index contributed by atoms with van der Waals surface area (Å²) in [5, 5.41) is 21.9. The highest BCUT2D eigenvalue weighted by molar-refractivity contribution is 6.32. The minimum atomic E-state index is -0.566. The van der Waals surface area contributed by atoms with E-state index in [4.69, 9.17) is 21.1 Å². The summed E-state index contributed by atoms with van der Waals surface area (Å²) in [5.41, 5.74) is 0.871. The molecular weight excluding hydrogens is 368 g/mol. The first-order valence-electron chi connectivity index (χ1n) is 8.29. The molecule has 0 aliphatic carbocycles. The Hall–Kier alpha value is -3.17. The molecule has 0 spiro atoms. The summed E-state index contributed by atoms with van der Waals surface area (Å²) in [4.78, 5) is 12.4. The minimum absolute atomic E-state index is 0.0661. The van der Waals surface area contributed by atoms with E-state index in [1.807, 2.05) is 13.0 Å². The number of anilines is 1. The van der Waals surface area contributed by atoms with E-state index in [0.717, 1.165) is 0 Å². The Balaban J connectivity index is 2.22. The maximum absolute atomic E-state index is 12.4. The van der Waals surface area contributed by atoms with E-state index in [-0.39, 0.29) is 22.1 Å². The molecule has 0 atom stereocenters. The number of carbonyl (C=O) groups excluding carboxylic acids is 1. The van der Waals surface area contributed by atoms with Gasteiger partial charge in [-0.1, -0.05) is 11.6 Å². The van der Waals surface area contributed by atoms with Crippen molar-refractivity contribution >= 4 is 29.3 Å². The van der Waals surface area contributed by atoms with Crippen molar-refractivity contribution in [3.63, 3.8) is 0 Å². The van der Waals surface area contributed by atoms with Gasteiger partial charge in [0.1, 0.15) is 17.4 Å². The van der Waals surface area contributed by atoms with Gasteiger partial charge >= 0.3 is 0 Å². The highest BCUT2D eigenvalue weighted by atomic mass is 35.5. The van der Waals surface area contributed by atoms with Gasteiger partial charge in [0.05, 0.1) is 18.2 Å². The van der Waals surface area contributed by atoms with Crippen molar-refractivity contribution in [1.82, 2.24) is 0 Å². The Labute approximate surface area is 162 Å². The zero-order chi connectivity index (χ0) is 19.8. The molecule has 2 N–H and O–H groups in total. The second-order valence-electron chi connectivity index (χ2n) is 5.36. The summed E-state index contributed by atoms with van der Waals surface area (Å²) >= 11 is 5.98. The van der Waals surface area contributed by atoms with Crippen LogP contribution >= 0.6 is 11.6 Å². The molecule has 0 heterocycles. The molecule has 0 unspecified atom stereocenters. The largest absolute Gasteiger partial charge is 0.503 e. The Morgan fingerprint density at radius 3 is 2.48 bits per heavy atom. The lowest BCUT2D eigenvalue weighted by Crippen LogP contribution is -2.13. The number of benzene rings is 2. The van der Waals surface area contributed by atoms with Gasteiger partial charge in [0.15, 0.2) is 11.5 Å². The van der Waals surface area contributed by atoms with Crippen LogP contribution in [0, 0.1) is 11.3 Å². The van der Waals surface area contributed by atoms with E-state index >= 15 is 0 Å². The Kier molecular flexibility index (Phi) is 7.09. The van der Waals surface area contributed by atoms with E-state index in [0.29, 0.717) is 30.2 Å². The molecule has 7 heteroatoms. The maximum atomic E-state index is 12.4. The molecular formula is C20H19ClN2O4. The third-order valence-electron chi connectivity index (χ3n) is 3.45. The van der Waals surface area contributed by atoms with Crippen molar-refractivity contribution in [3.8, 4) is 23.3 Å². The summed E-state index contributed by atoms with van der Waals surface area (Å²) in [5.74, 6) is 0.117. The monoisotopic (exact) mass is 386 g/mol. The Morgan fingerprint density at radius 2 is 1.89 bits per heavy atom. The summed E-state index contributed by atoms with van der Waals surface area (Å²) in [6, 6.07) is 11.6. The van der Waals surface area contributed by atoms with Crippen LogP contribution < -0.4 is 14.8 Å². The average molecular weight is 387 g/mol. The van der Waals surface area contributed by atoms with Gasteiger partial charge in [-0.25, -0.2) is 0 Å². The number of carbonyl (C=O) groups is 1. The van der Waals surface area contributed by atoms with Gasteiger partial charge in [0, 0.05) is 5.69 Å². The highest BCUT2D eigenvalue weighted by Gasteiger charge is 2.13. The number of rotatable bonds is 7. The zero-order valence-electron chi connectivity index (χ0n) is 15.0. The molecule has 2 aromatic carbocycles. The zero-order valence-corrected chi connectivity index (χ0v) is 15.7. The smallest absolute Gasteiger partial charge is 0.266 e. The van der Waals surface area contributed by atoms with Crippen LogP contribution in [0.25, 0.3) is 6.08 Å². The molecule has 0 saturated carbocycles. The first kappa shape index (κ1) is 20.1. The van der Waals surface area contributed by atoms with Crippen LogP contribution in [0.2, 0.25) is 5.02 Å². The lowest BCUT2D eigenvalue weighted by atomic mass is 10.1. The molecule has 0 aliphatic rings. The number of hydrogen-bond donors (Lipinski definition) is 2. The fourth-order valence-corrected chi connectivity index (χ4v) is 2.48. The second-order valence-corrected chi connectivity index (χ2v) is 5.77. The lowest BCUT2D eigenvalue weighted by molar-refractivity contribution is -0.112. The number of nitrogens with zero attached hydrogens (tertiary/aromatic N) is 1. The summed E-state index contributed by atoms with van der Waals surface area (Å²) in [6.45, 7) is 4.53. The van der Waals surface area contributed by atoms with Gasteiger partial charge < -0.3 is 19.9 Å². The van der Waals surface area contributed by atoms with Crippen LogP contribution in [0.5, 0.6) is 17.2 Å². The predicted octanol–water partition coefficient (Wildman–Crippen LogP) is 4.39. The number of phenolic OH excluding ortho intramolecular Hbond substituents is 1. The normalized spacial score (nSPS) is 10.8. The molecule has 0 bridgehead atoms. The molecule has 0 aromatic heterocycles. The fraction of sp³-hybridized carbons (Fsp3) is 0.200. The number of phenols is 1. The van der Waals surface area contributed by atoms with Gasteiger partial charge in [-0.2, -0.15) is 5.26 Å². The van der Waals surface area contributed by atoms with E-state index < -0.39 is 5.91 Å². The second kappa shape index (κ2) is 9.51. The summed E-state index contributed by atoms with van der Waals surface area (Å²) < 4.78 is 10.6. The van der Waals surface area contributed by atoms with Crippen molar-refractivity contribution in [3.05, 3.63) is 52.6 Å². The molecule has 1 amide bonds. The molecule has 140 valence electrons.